The highest BCUT2D eigenvalue weighted by atomic mass is 79.9. The molecule has 1 fully saturated rings. The second-order valence-corrected chi connectivity index (χ2v) is 7.73. The van der Waals surface area contributed by atoms with Crippen LogP contribution in [0.4, 0.5) is 4.79 Å². The summed E-state index contributed by atoms with van der Waals surface area (Å²) in [5.41, 5.74) is 0.722. The number of rotatable bonds is 2. The Balaban J connectivity index is 2.05. The Morgan fingerprint density at radius 1 is 1.36 bits per heavy atom. The molecule has 0 spiro atoms. The van der Waals surface area contributed by atoms with Crippen LogP contribution in [0.1, 0.15) is 38.7 Å². The highest BCUT2D eigenvalue weighted by molar-refractivity contribution is 9.10. The largest absolute Gasteiger partial charge is 0.444 e. The molecule has 22 heavy (non-hydrogen) atoms. The highest BCUT2D eigenvalue weighted by Gasteiger charge is 2.33. The zero-order valence-corrected chi connectivity index (χ0v) is 15.0. The molecule has 0 aromatic heterocycles. The van der Waals surface area contributed by atoms with E-state index in [0.29, 0.717) is 13.1 Å². The lowest BCUT2D eigenvalue weighted by molar-refractivity contribution is 0.0102. The van der Waals surface area contributed by atoms with Gasteiger partial charge >= 0.3 is 6.09 Å². The number of benzene rings is 1. The minimum atomic E-state index is -0.492. The Morgan fingerprint density at radius 2 is 2.00 bits per heavy atom. The first-order chi connectivity index (χ1) is 10.3. The van der Waals surface area contributed by atoms with Gasteiger partial charge in [0.05, 0.1) is 0 Å². The summed E-state index contributed by atoms with van der Waals surface area (Å²) in [6.07, 6.45) is 0.548. The summed E-state index contributed by atoms with van der Waals surface area (Å²) in [6.45, 7) is 6.85. The van der Waals surface area contributed by atoms with Gasteiger partial charge in [-0.05, 0) is 50.8 Å². The number of amides is 1. The molecule has 1 heterocycles. The number of carbonyl (C=O) groups excluding carboxylic acids is 1. The number of likely N-dealkylation sites (tertiary alicyclic amines) is 1. The van der Waals surface area contributed by atoms with Gasteiger partial charge in [-0.15, -0.1) is 0 Å². The molecular formula is C17H24BrNO3. The summed E-state index contributed by atoms with van der Waals surface area (Å²) in [5.74, 6) is 0.319. The summed E-state index contributed by atoms with van der Waals surface area (Å²) >= 11 is 3.44. The molecule has 122 valence electrons. The Morgan fingerprint density at radius 3 is 2.55 bits per heavy atom. The smallest absolute Gasteiger partial charge is 0.410 e. The van der Waals surface area contributed by atoms with Crippen LogP contribution in [0, 0.1) is 5.92 Å². The number of carbonyl (C=O) groups is 1. The van der Waals surface area contributed by atoms with Crippen molar-refractivity contribution in [1.29, 1.82) is 0 Å². The summed E-state index contributed by atoms with van der Waals surface area (Å²) in [7, 11) is 0. The fourth-order valence-corrected chi connectivity index (χ4v) is 3.12. The van der Waals surface area contributed by atoms with Crippen LogP contribution in [0.15, 0.2) is 28.7 Å². The maximum Gasteiger partial charge on any atom is 0.410 e. The molecule has 1 saturated heterocycles. The Hall–Kier alpha value is -1.07. The summed E-state index contributed by atoms with van der Waals surface area (Å²) < 4.78 is 6.47. The first kappa shape index (κ1) is 17.3. The molecule has 4 nitrogen and oxygen atoms in total. The third-order valence-corrected chi connectivity index (χ3v) is 4.45. The molecule has 2 atom stereocenters. The van der Waals surface area contributed by atoms with Gasteiger partial charge in [0.25, 0.3) is 0 Å². The van der Waals surface area contributed by atoms with Crippen molar-refractivity contribution in [2.24, 2.45) is 5.92 Å². The molecule has 2 unspecified atom stereocenters. The topological polar surface area (TPSA) is 49.8 Å². The molecule has 5 heteroatoms. The van der Waals surface area contributed by atoms with Crippen LogP contribution >= 0.6 is 15.9 Å². The first-order valence-electron chi connectivity index (χ1n) is 7.64. The van der Waals surface area contributed by atoms with Crippen molar-refractivity contribution in [2.45, 2.75) is 38.7 Å². The lowest BCUT2D eigenvalue weighted by Gasteiger charge is -2.38. The summed E-state index contributed by atoms with van der Waals surface area (Å²) in [4.78, 5) is 13.9. The van der Waals surface area contributed by atoms with Gasteiger partial charge in [0.2, 0.25) is 0 Å². The van der Waals surface area contributed by atoms with E-state index in [2.05, 4.69) is 28.1 Å². The Bertz CT molecular complexity index is 510. The van der Waals surface area contributed by atoms with Crippen LogP contribution in [0.2, 0.25) is 0 Å². The second kappa shape index (κ2) is 7.01. The summed E-state index contributed by atoms with van der Waals surface area (Å²) in [5, 5.41) is 9.72. The minimum Gasteiger partial charge on any atom is -0.444 e. The third kappa shape index (κ3) is 4.46. The monoisotopic (exact) mass is 369 g/mol. The number of piperidine rings is 1. The number of aliphatic hydroxyl groups is 1. The standard InChI is InChI=1S/C17H24BrNO3/c1-17(2,3)22-16(21)19-9-8-15(13(10-19)11-20)12-4-6-14(18)7-5-12/h4-7,13,15,20H,8-11H2,1-3H3. The van der Waals surface area contributed by atoms with Gasteiger partial charge in [0.1, 0.15) is 5.60 Å². The second-order valence-electron chi connectivity index (χ2n) is 6.82. The van der Waals surface area contributed by atoms with Gasteiger partial charge in [-0.2, -0.15) is 0 Å². The van der Waals surface area contributed by atoms with E-state index < -0.39 is 5.60 Å². The van der Waals surface area contributed by atoms with Crippen LogP contribution in [-0.2, 0) is 4.74 Å². The van der Waals surface area contributed by atoms with Crippen LogP contribution in [0.25, 0.3) is 0 Å². The van der Waals surface area contributed by atoms with Crippen molar-refractivity contribution in [3.63, 3.8) is 0 Å². The molecule has 1 aromatic rings. The predicted octanol–water partition coefficient (Wildman–Crippen LogP) is 3.78. The normalized spacial score (nSPS) is 22.5. The van der Waals surface area contributed by atoms with Crippen molar-refractivity contribution in [1.82, 2.24) is 4.90 Å². The zero-order chi connectivity index (χ0) is 16.3. The lowest BCUT2D eigenvalue weighted by Crippen LogP contribution is -2.46. The van der Waals surface area contributed by atoms with E-state index in [1.807, 2.05) is 32.9 Å². The molecular weight excluding hydrogens is 346 g/mol. The van der Waals surface area contributed by atoms with Crippen LogP contribution < -0.4 is 0 Å². The number of hydrogen-bond donors (Lipinski definition) is 1. The Kier molecular flexibility index (Phi) is 5.50. The van der Waals surface area contributed by atoms with Gasteiger partial charge in [-0.25, -0.2) is 4.79 Å². The Labute approximate surface area is 140 Å². The number of aliphatic hydroxyl groups excluding tert-OH is 1. The van der Waals surface area contributed by atoms with Crippen molar-refractivity contribution >= 4 is 22.0 Å². The predicted molar refractivity (Wildman–Crippen MR) is 89.9 cm³/mol. The van der Waals surface area contributed by atoms with Crippen LogP contribution in [0.3, 0.4) is 0 Å². The number of ether oxygens (including phenoxy) is 1. The fourth-order valence-electron chi connectivity index (χ4n) is 2.86. The molecule has 1 aliphatic rings. The molecule has 1 N–H and O–H groups in total. The minimum absolute atomic E-state index is 0.0439. The van der Waals surface area contributed by atoms with E-state index in [1.165, 1.54) is 5.56 Å². The molecule has 0 aliphatic carbocycles. The molecule has 2 rings (SSSR count). The molecule has 0 bridgehead atoms. The van der Waals surface area contributed by atoms with E-state index in [4.69, 9.17) is 4.74 Å². The van der Waals surface area contributed by atoms with Gasteiger partial charge in [-0.1, -0.05) is 28.1 Å². The van der Waals surface area contributed by atoms with Crippen molar-refractivity contribution < 1.29 is 14.6 Å². The van der Waals surface area contributed by atoms with E-state index in [1.54, 1.807) is 4.90 Å². The van der Waals surface area contributed by atoms with E-state index >= 15 is 0 Å². The van der Waals surface area contributed by atoms with Crippen LogP contribution in [0.5, 0.6) is 0 Å². The van der Waals surface area contributed by atoms with Crippen molar-refractivity contribution in [3.05, 3.63) is 34.3 Å². The van der Waals surface area contributed by atoms with E-state index in [9.17, 15) is 9.90 Å². The highest BCUT2D eigenvalue weighted by Crippen LogP contribution is 2.34. The average molecular weight is 370 g/mol. The maximum absolute atomic E-state index is 12.2. The van der Waals surface area contributed by atoms with Gasteiger partial charge in [0.15, 0.2) is 0 Å². The molecule has 0 radical (unpaired) electrons. The van der Waals surface area contributed by atoms with E-state index in [0.717, 1.165) is 10.9 Å². The maximum atomic E-state index is 12.2. The fraction of sp³-hybridized carbons (Fsp3) is 0.588. The van der Waals surface area contributed by atoms with Gasteiger partial charge in [0, 0.05) is 30.1 Å². The zero-order valence-electron chi connectivity index (χ0n) is 13.4. The quantitative estimate of drug-likeness (QED) is 0.862. The number of hydrogen-bond acceptors (Lipinski definition) is 3. The third-order valence-electron chi connectivity index (χ3n) is 3.92. The van der Waals surface area contributed by atoms with Gasteiger partial charge in [-0.3, -0.25) is 0 Å². The van der Waals surface area contributed by atoms with Crippen LogP contribution in [-0.4, -0.2) is 41.4 Å². The summed E-state index contributed by atoms with van der Waals surface area (Å²) in [6, 6.07) is 8.20. The van der Waals surface area contributed by atoms with Gasteiger partial charge < -0.3 is 14.7 Å². The molecule has 1 aliphatic heterocycles. The van der Waals surface area contributed by atoms with Crippen molar-refractivity contribution in [3.8, 4) is 0 Å². The lowest BCUT2D eigenvalue weighted by atomic mass is 9.81. The van der Waals surface area contributed by atoms with Crippen molar-refractivity contribution in [2.75, 3.05) is 19.7 Å². The SMILES string of the molecule is CC(C)(C)OC(=O)N1CCC(c2ccc(Br)cc2)C(CO)C1. The number of halogens is 1. The first-order valence-corrected chi connectivity index (χ1v) is 8.43. The molecule has 0 saturated carbocycles. The average Bonchev–Trinajstić information content (AvgIpc) is 2.45. The molecule has 1 amide bonds. The van der Waals surface area contributed by atoms with E-state index in [-0.39, 0.29) is 24.5 Å². The molecule has 1 aromatic carbocycles. The number of nitrogens with zero attached hydrogens (tertiary/aromatic N) is 1.